The summed E-state index contributed by atoms with van der Waals surface area (Å²) in [5.74, 6) is -1.07. The molecule has 0 N–H and O–H groups in total. The third-order valence-electron chi connectivity index (χ3n) is 3.27. The second-order valence-electron chi connectivity index (χ2n) is 5.21. The van der Waals surface area contributed by atoms with E-state index in [9.17, 15) is 13.2 Å². The van der Waals surface area contributed by atoms with Crippen LogP contribution in [-0.2, 0) is 9.31 Å². The van der Waals surface area contributed by atoms with Gasteiger partial charge in [-0.1, -0.05) is 0 Å². The molecule has 0 aromatic heterocycles. The van der Waals surface area contributed by atoms with Gasteiger partial charge in [-0.2, -0.15) is 0 Å². The molecule has 1 saturated heterocycles. The Hall–Kier alpha value is -0.485. The maximum absolute atomic E-state index is 13.7. The molecule has 0 aliphatic carbocycles. The third kappa shape index (κ3) is 3.04. The topological polar surface area (TPSA) is 18.5 Å². The van der Waals surface area contributed by atoms with Crippen molar-refractivity contribution < 1.29 is 22.5 Å². The number of alkyl halides is 2. The Morgan fingerprint density at radius 1 is 1.12 bits per heavy atom. The molecule has 98 valence electrons. The fourth-order valence-corrected chi connectivity index (χ4v) is 1.39. The van der Waals surface area contributed by atoms with Gasteiger partial charge >= 0.3 is 7.12 Å². The van der Waals surface area contributed by atoms with Crippen molar-refractivity contribution in [2.75, 3.05) is 13.3 Å². The van der Waals surface area contributed by atoms with E-state index in [0.717, 1.165) is 6.08 Å². The molecule has 0 spiro atoms. The van der Waals surface area contributed by atoms with Crippen molar-refractivity contribution in [2.24, 2.45) is 5.92 Å². The minimum Gasteiger partial charge on any atom is -0.398 e. The Morgan fingerprint density at radius 2 is 1.53 bits per heavy atom. The lowest BCUT2D eigenvalue weighted by Gasteiger charge is -2.32. The van der Waals surface area contributed by atoms with Gasteiger partial charge in [-0.3, -0.25) is 8.78 Å². The van der Waals surface area contributed by atoms with Crippen LogP contribution in [0.1, 0.15) is 27.7 Å². The highest BCUT2D eigenvalue weighted by Crippen LogP contribution is 2.38. The van der Waals surface area contributed by atoms with Gasteiger partial charge in [0.1, 0.15) is 5.73 Å². The summed E-state index contributed by atoms with van der Waals surface area (Å²) in [5, 5.41) is 0. The van der Waals surface area contributed by atoms with Crippen molar-refractivity contribution >= 4 is 7.12 Å². The molecule has 1 heterocycles. The van der Waals surface area contributed by atoms with Crippen LogP contribution in [0.15, 0.2) is 11.8 Å². The molecule has 6 heteroatoms. The van der Waals surface area contributed by atoms with E-state index in [2.05, 4.69) is 0 Å². The van der Waals surface area contributed by atoms with Gasteiger partial charge in [-0.05, 0) is 33.8 Å². The van der Waals surface area contributed by atoms with Crippen LogP contribution in [0.25, 0.3) is 0 Å². The molecule has 1 aliphatic rings. The number of halogens is 3. The second-order valence-corrected chi connectivity index (χ2v) is 5.21. The monoisotopic (exact) mass is 250 g/mol. The van der Waals surface area contributed by atoms with Gasteiger partial charge in [-0.25, -0.2) is 4.39 Å². The van der Waals surface area contributed by atoms with Crippen molar-refractivity contribution in [3.63, 3.8) is 0 Å². The third-order valence-corrected chi connectivity index (χ3v) is 3.27. The van der Waals surface area contributed by atoms with E-state index in [1.807, 2.05) is 0 Å². The van der Waals surface area contributed by atoms with E-state index in [1.165, 1.54) is 0 Å². The summed E-state index contributed by atoms with van der Waals surface area (Å²) in [7, 11) is -1.18. The Balaban J connectivity index is 2.77. The fourth-order valence-electron chi connectivity index (χ4n) is 1.39. The first-order valence-electron chi connectivity index (χ1n) is 5.58. The van der Waals surface area contributed by atoms with Crippen molar-refractivity contribution in [3.05, 3.63) is 11.8 Å². The molecule has 0 unspecified atom stereocenters. The van der Waals surface area contributed by atoms with E-state index in [-0.39, 0.29) is 0 Å². The molecular formula is C11H18BF3O2. The lowest BCUT2D eigenvalue weighted by molar-refractivity contribution is 0.00578. The molecular weight excluding hydrogens is 232 g/mol. The van der Waals surface area contributed by atoms with Crippen molar-refractivity contribution in [1.82, 2.24) is 0 Å². The minimum atomic E-state index is -1.18. The maximum Gasteiger partial charge on any atom is 0.524 e. The maximum atomic E-state index is 13.7. The summed E-state index contributed by atoms with van der Waals surface area (Å²) in [6.45, 7) is 5.24. The first-order valence-corrected chi connectivity index (χ1v) is 5.58. The lowest BCUT2D eigenvalue weighted by atomic mass is 9.86. The van der Waals surface area contributed by atoms with Gasteiger partial charge in [0.05, 0.1) is 24.6 Å². The molecule has 2 nitrogen and oxygen atoms in total. The van der Waals surface area contributed by atoms with E-state index in [1.54, 1.807) is 27.7 Å². The van der Waals surface area contributed by atoms with Gasteiger partial charge in [-0.15, -0.1) is 0 Å². The number of rotatable bonds is 4. The van der Waals surface area contributed by atoms with E-state index < -0.39 is 43.3 Å². The molecule has 0 saturated carbocycles. The number of hydrogen-bond donors (Lipinski definition) is 0. The first-order chi connectivity index (χ1) is 7.73. The quantitative estimate of drug-likeness (QED) is 0.714. The van der Waals surface area contributed by atoms with Crippen LogP contribution in [-0.4, -0.2) is 31.7 Å². The summed E-state index contributed by atoms with van der Waals surface area (Å²) in [6, 6.07) is 0. The summed E-state index contributed by atoms with van der Waals surface area (Å²) >= 11 is 0. The van der Waals surface area contributed by atoms with E-state index >= 15 is 0 Å². The SMILES string of the molecule is CC1(C)OB(C(F)=CC(CF)CF)OC1(C)C. The van der Waals surface area contributed by atoms with Crippen molar-refractivity contribution in [3.8, 4) is 0 Å². The van der Waals surface area contributed by atoms with Gasteiger partial charge in [0.15, 0.2) is 0 Å². The molecule has 1 aliphatic heterocycles. The average molecular weight is 250 g/mol. The molecule has 0 bridgehead atoms. The van der Waals surface area contributed by atoms with Crippen LogP contribution in [0.5, 0.6) is 0 Å². The normalized spacial score (nSPS) is 23.5. The standard InChI is InChI=1S/C11H18BF3O2/c1-10(2)11(3,4)17-12(16-10)9(15)5-8(6-13)7-14/h5,8H,6-7H2,1-4H3. The van der Waals surface area contributed by atoms with Crippen LogP contribution in [0.4, 0.5) is 13.2 Å². The fraction of sp³-hybridized carbons (Fsp3) is 0.818. The van der Waals surface area contributed by atoms with Crippen molar-refractivity contribution in [2.45, 2.75) is 38.9 Å². The predicted molar refractivity (Wildman–Crippen MR) is 60.7 cm³/mol. The molecule has 1 fully saturated rings. The second kappa shape index (κ2) is 5.02. The smallest absolute Gasteiger partial charge is 0.398 e. The molecule has 1 rings (SSSR count). The average Bonchev–Trinajstić information content (AvgIpc) is 2.44. The highest BCUT2D eigenvalue weighted by Gasteiger charge is 2.53. The summed E-state index contributed by atoms with van der Waals surface area (Å²) in [4.78, 5) is 0. The molecule has 0 atom stereocenters. The number of allylic oxidation sites excluding steroid dienone is 1. The highest BCUT2D eigenvalue weighted by atomic mass is 19.1. The molecule has 0 amide bonds. The summed E-state index contributed by atoms with van der Waals surface area (Å²) < 4.78 is 49.1. The molecule has 0 radical (unpaired) electrons. The van der Waals surface area contributed by atoms with E-state index in [0.29, 0.717) is 0 Å². The zero-order chi connectivity index (χ0) is 13.3. The van der Waals surface area contributed by atoms with Gasteiger partial charge in [0.25, 0.3) is 0 Å². The van der Waals surface area contributed by atoms with Crippen LogP contribution >= 0.6 is 0 Å². The molecule has 17 heavy (non-hydrogen) atoms. The Labute approximate surface area is 100 Å². The Morgan fingerprint density at radius 3 is 1.88 bits per heavy atom. The first kappa shape index (κ1) is 14.6. The molecule has 0 aromatic carbocycles. The predicted octanol–water partition coefficient (Wildman–Crippen LogP) is 3.03. The highest BCUT2D eigenvalue weighted by molar-refractivity contribution is 6.53. The van der Waals surface area contributed by atoms with Gasteiger partial charge < -0.3 is 9.31 Å². The van der Waals surface area contributed by atoms with Crippen LogP contribution < -0.4 is 0 Å². The number of hydrogen-bond acceptors (Lipinski definition) is 2. The minimum absolute atomic E-state index is 0.663. The van der Waals surface area contributed by atoms with Gasteiger partial charge in [0, 0.05) is 5.92 Å². The zero-order valence-corrected chi connectivity index (χ0v) is 10.6. The lowest BCUT2D eigenvalue weighted by Crippen LogP contribution is -2.41. The zero-order valence-electron chi connectivity index (χ0n) is 10.6. The largest absolute Gasteiger partial charge is 0.524 e. The van der Waals surface area contributed by atoms with E-state index in [4.69, 9.17) is 9.31 Å². The Bertz CT molecular complexity index is 285. The van der Waals surface area contributed by atoms with Crippen LogP contribution in [0.2, 0.25) is 0 Å². The Kier molecular flexibility index (Phi) is 4.30. The van der Waals surface area contributed by atoms with Crippen molar-refractivity contribution in [1.29, 1.82) is 0 Å². The van der Waals surface area contributed by atoms with Gasteiger partial charge in [0.2, 0.25) is 0 Å². The summed E-state index contributed by atoms with van der Waals surface area (Å²) in [6.07, 6.45) is 0.891. The molecule has 0 aromatic rings. The summed E-state index contributed by atoms with van der Waals surface area (Å²) in [5.41, 5.74) is -2.10. The van der Waals surface area contributed by atoms with Crippen LogP contribution in [0.3, 0.4) is 0 Å². The van der Waals surface area contributed by atoms with Crippen LogP contribution in [0, 0.1) is 5.92 Å².